The van der Waals surface area contributed by atoms with Crippen molar-refractivity contribution in [3.63, 3.8) is 0 Å². The summed E-state index contributed by atoms with van der Waals surface area (Å²) in [6, 6.07) is 15.9. The number of likely N-dealkylation sites (tertiary alicyclic amines) is 1. The van der Waals surface area contributed by atoms with E-state index in [9.17, 15) is 14.4 Å². The molecule has 1 aromatic heterocycles. The van der Waals surface area contributed by atoms with Crippen LogP contribution in [0.15, 0.2) is 66.0 Å². The third-order valence-corrected chi connectivity index (χ3v) is 8.81. The van der Waals surface area contributed by atoms with Gasteiger partial charge in [-0.05, 0) is 54.4 Å². The number of nitrogens with zero attached hydrogens (tertiary/aromatic N) is 2. The third-order valence-electron chi connectivity index (χ3n) is 7.99. The summed E-state index contributed by atoms with van der Waals surface area (Å²) in [7, 11) is 1.53. The molecular weight excluding hydrogens is 611 g/mol. The highest BCUT2D eigenvalue weighted by Crippen LogP contribution is 2.29. The van der Waals surface area contributed by atoms with Gasteiger partial charge in [-0.1, -0.05) is 18.2 Å². The molecule has 3 aromatic carbocycles. The number of nitrogens with one attached hydrogen (secondary N) is 2. The number of hydrogen-bond acceptors (Lipinski definition) is 8. The Morgan fingerprint density at radius 3 is 2.76 bits per heavy atom. The molecule has 4 aromatic rings. The number of methoxy groups -OCH3 is 1. The predicted molar refractivity (Wildman–Crippen MR) is 170 cm³/mol. The van der Waals surface area contributed by atoms with Crippen LogP contribution in [0.2, 0.25) is 0 Å². The number of carbonyl (C=O) groups is 3. The van der Waals surface area contributed by atoms with Crippen molar-refractivity contribution >= 4 is 29.1 Å². The van der Waals surface area contributed by atoms with Gasteiger partial charge in [0, 0.05) is 43.1 Å². The van der Waals surface area contributed by atoms with Crippen LogP contribution in [0.1, 0.15) is 33.0 Å². The fourth-order valence-corrected chi connectivity index (χ4v) is 6.21. The van der Waals surface area contributed by atoms with Crippen LogP contribution in [0.25, 0.3) is 11.1 Å². The molecule has 6 bridgehead atoms. The van der Waals surface area contributed by atoms with Crippen LogP contribution in [0.5, 0.6) is 17.2 Å². The van der Waals surface area contributed by atoms with Crippen molar-refractivity contribution in [2.24, 2.45) is 0 Å². The first-order valence-electron chi connectivity index (χ1n) is 14.9. The van der Waals surface area contributed by atoms with Crippen molar-refractivity contribution in [1.29, 1.82) is 0 Å². The molecule has 0 radical (unpaired) electrons. The van der Waals surface area contributed by atoms with E-state index in [1.165, 1.54) is 30.6 Å². The number of amides is 3. The van der Waals surface area contributed by atoms with Crippen LogP contribution in [0.3, 0.4) is 0 Å². The lowest BCUT2D eigenvalue weighted by molar-refractivity contribution is -0.133. The summed E-state index contributed by atoms with van der Waals surface area (Å²) in [5.41, 5.74) is 2.55. The van der Waals surface area contributed by atoms with Gasteiger partial charge >= 0.3 is 0 Å². The van der Waals surface area contributed by atoms with E-state index in [1.54, 1.807) is 47.4 Å². The number of aromatic nitrogens is 1. The van der Waals surface area contributed by atoms with Crippen molar-refractivity contribution < 1.29 is 33.0 Å². The highest BCUT2D eigenvalue weighted by Gasteiger charge is 2.35. The largest absolute Gasteiger partial charge is 0.496 e. The number of carbonyl (C=O) groups excluding carboxylic acids is 3. The Labute approximate surface area is 269 Å². The van der Waals surface area contributed by atoms with Crippen LogP contribution in [0, 0.1) is 12.7 Å². The third kappa shape index (κ3) is 7.12. The van der Waals surface area contributed by atoms with Gasteiger partial charge in [0.05, 0.1) is 35.8 Å². The predicted octanol–water partition coefficient (Wildman–Crippen LogP) is 4.30. The lowest BCUT2D eigenvalue weighted by Crippen LogP contribution is -2.58. The van der Waals surface area contributed by atoms with Gasteiger partial charge in [0.15, 0.2) is 6.61 Å². The van der Waals surface area contributed by atoms with Gasteiger partial charge in [0.25, 0.3) is 11.8 Å². The maximum absolute atomic E-state index is 15.2. The van der Waals surface area contributed by atoms with Crippen molar-refractivity contribution in [3.05, 3.63) is 93.7 Å². The van der Waals surface area contributed by atoms with Crippen LogP contribution in [-0.4, -0.2) is 66.6 Å². The number of aryl methyl sites for hydroxylation is 1. The van der Waals surface area contributed by atoms with Gasteiger partial charge in [-0.25, -0.2) is 9.37 Å². The second-order valence-corrected chi connectivity index (χ2v) is 12.2. The number of ether oxygens (including phenoxy) is 3. The van der Waals surface area contributed by atoms with Crippen LogP contribution in [-0.2, 0) is 22.6 Å². The molecule has 0 aliphatic carbocycles. The van der Waals surface area contributed by atoms with E-state index in [0.29, 0.717) is 47.0 Å². The lowest BCUT2D eigenvalue weighted by atomic mass is 9.99. The van der Waals surface area contributed by atoms with Crippen LogP contribution < -0.4 is 24.8 Å². The molecule has 46 heavy (non-hydrogen) atoms. The fraction of sp³-hybridized carbons (Fsp3) is 0.294. The zero-order valence-corrected chi connectivity index (χ0v) is 26.2. The normalized spacial score (nSPS) is 18.4. The topological polar surface area (TPSA) is 119 Å². The zero-order valence-electron chi connectivity index (χ0n) is 25.4. The standard InChI is InChI=1S/C34H33FN4O6S/c1-20-37-24(19-46-20)14-33(41)39-11-10-30-29(17-39)38-34(42)27-13-22(7-9-28(27)35)21-4-3-5-25(12-21)44-18-32(40)36-16-23-6-8-26(45-30)15-31(23)43-2/h3-9,12-13,15,19,29-30H,10-11,14,16-18H2,1-2H3,(H,36,40)(H,38,42)/t29-,30+/m1/s1. The van der Waals surface area contributed by atoms with Gasteiger partial charge in [-0.15, -0.1) is 11.3 Å². The van der Waals surface area contributed by atoms with E-state index in [1.807, 2.05) is 18.4 Å². The van der Waals surface area contributed by atoms with Crippen LogP contribution >= 0.6 is 11.3 Å². The molecule has 3 aliphatic heterocycles. The van der Waals surface area contributed by atoms with Crippen molar-refractivity contribution in [3.8, 4) is 28.4 Å². The molecule has 1 saturated heterocycles. The summed E-state index contributed by atoms with van der Waals surface area (Å²) in [5, 5.41) is 8.55. The molecule has 0 unspecified atom stereocenters. The van der Waals surface area contributed by atoms with Crippen LogP contribution in [0.4, 0.5) is 4.39 Å². The minimum Gasteiger partial charge on any atom is -0.496 e. The summed E-state index contributed by atoms with van der Waals surface area (Å²) >= 11 is 1.48. The molecular formula is C34H33FN4O6S. The average Bonchev–Trinajstić information content (AvgIpc) is 3.47. The number of rotatable bonds is 3. The van der Waals surface area contributed by atoms with Crippen molar-refractivity contribution in [2.75, 3.05) is 26.8 Å². The SMILES string of the molecule is COc1cc2ccc1CNC(=O)COc1cccc(c1)-c1ccc(F)c(c1)C(=O)N[C@@H]1CN(C(=O)Cc3csc(C)n3)CC[C@@H]1O2. The van der Waals surface area contributed by atoms with Gasteiger partial charge in [0.1, 0.15) is 29.2 Å². The first kappa shape index (κ1) is 31.0. The number of fused-ring (bicyclic) bond motifs is 7. The van der Waals surface area contributed by atoms with Crippen molar-refractivity contribution in [1.82, 2.24) is 20.5 Å². The average molecular weight is 645 g/mol. The maximum Gasteiger partial charge on any atom is 0.258 e. The van der Waals surface area contributed by atoms with E-state index >= 15 is 4.39 Å². The Hall–Kier alpha value is -4.97. The molecule has 10 nitrogen and oxygen atoms in total. The molecule has 3 amide bonds. The van der Waals surface area contributed by atoms with Crippen molar-refractivity contribution in [2.45, 2.75) is 38.5 Å². The monoisotopic (exact) mass is 644 g/mol. The highest BCUT2D eigenvalue weighted by molar-refractivity contribution is 7.09. The number of thiazole rings is 1. The molecule has 238 valence electrons. The van der Waals surface area contributed by atoms with E-state index < -0.39 is 23.9 Å². The minimum atomic E-state index is -0.687. The van der Waals surface area contributed by atoms with E-state index in [0.717, 1.165) is 10.6 Å². The summed E-state index contributed by atoms with van der Waals surface area (Å²) in [4.78, 5) is 45.6. The Morgan fingerprint density at radius 2 is 1.96 bits per heavy atom. The summed E-state index contributed by atoms with van der Waals surface area (Å²) in [6.45, 7) is 2.46. The molecule has 4 heterocycles. The molecule has 7 rings (SSSR count). The number of halogens is 1. The molecule has 1 fully saturated rings. The molecule has 0 saturated carbocycles. The summed E-state index contributed by atoms with van der Waals surface area (Å²) in [6.07, 6.45) is 0.0309. The van der Waals surface area contributed by atoms with E-state index in [-0.39, 0.29) is 43.5 Å². The quantitative estimate of drug-likeness (QED) is 0.342. The lowest BCUT2D eigenvalue weighted by Gasteiger charge is -2.39. The molecule has 2 atom stereocenters. The Balaban J connectivity index is 1.33. The second kappa shape index (κ2) is 13.6. The Kier molecular flexibility index (Phi) is 9.16. The first-order valence-corrected chi connectivity index (χ1v) is 15.8. The van der Waals surface area contributed by atoms with Gasteiger partial charge in [0.2, 0.25) is 5.91 Å². The zero-order chi connectivity index (χ0) is 32.2. The number of benzene rings is 3. The molecule has 0 spiro atoms. The highest BCUT2D eigenvalue weighted by atomic mass is 32.1. The first-order chi connectivity index (χ1) is 22.2. The Morgan fingerprint density at radius 1 is 1.11 bits per heavy atom. The van der Waals surface area contributed by atoms with Gasteiger partial charge in [-0.2, -0.15) is 0 Å². The molecule has 3 aliphatic rings. The number of hydrogen-bond donors (Lipinski definition) is 2. The Bertz CT molecular complexity index is 1780. The fourth-order valence-electron chi connectivity index (χ4n) is 5.60. The van der Waals surface area contributed by atoms with Gasteiger partial charge in [-0.3, -0.25) is 14.4 Å². The smallest absolute Gasteiger partial charge is 0.258 e. The molecule has 2 N–H and O–H groups in total. The maximum atomic E-state index is 15.2. The minimum absolute atomic E-state index is 0.118. The second-order valence-electron chi connectivity index (χ2n) is 11.2. The molecule has 12 heteroatoms. The summed E-state index contributed by atoms with van der Waals surface area (Å²) in [5.74, 6) is -0.324. The summed E-state index contributed by atoms with van der Waals surface area (Å²) < 4.78 is 32.8. The van der Waals surface area contributed by atoms with E-state index in [4.69, 9.17) is 14.2 Å². The van der Waals surface area contributed by atoms with E-state index in [2.05, 4.69) is 15.6 Å². The number of piperidine rings is 1. The van der Waals surface area contributed by atoms with Gasteiger partial charge < -0.3 is 29.7 Å².